The maximum Gasteiger partial charge on any atom is 0.306 e. The highest BCUT2D eigenvalue weighted by Crippen LogP contribution is 2.72. The number of allylic oxidation sites excluding steroid dienone is 4. The SMILES string of the molecule is CC1CN(CCNC23CCCC2C2CCC4C5(C)CC=C(C6=CCC(C(=O)O)CC6)C(C)(C)C5CC[C@@]4(C)C2CC3)CC(C)S1(=O)=O. The molecule has 7 rings (SSSR count). The molecule has 1 saturated heterocycles. The summed E-state index contributed by atoms with van der Waals surface area (Å²) in [4.78, 5) is 14.0. The van der Waals surface area contributed by atoms with Crippen LogP contribution in [0.25, 0.3) is 0 Å². The standard InChI is InChI=1S/C40H64N2O4S/c1-26-24-42(25-27(2)47(26,45)46)23-22-41-40-18-7-8-33(40)30-13-14-35-38(5,32(30)16-21-40)20-17-34-37(3,4)31(15-19-39(34,35)6)28-9-11-29(12-10-28)36(43)44/h9,15,26-27,29-30,32-35,41H,7-8,10-14,16-25H2,1-6H3,(H,43,44)/t26?,27?,29?,30?,32?,33?,34?,35?,38-,39?,40?/m0/s1. The van der Waals surface area contributed by atoms with Gasteiger partial charge in [-0.25, -0.2) is 8.42 Å². The molecule has 0 aromatic rings. The molecule has 1 aliphatic heterocycles. The van der Waals surface area contributed by atoms with Gasteiger partial charge in [0, 0.05) is 31.7 Å². The van der Waals surface area contributed by atoms with Crippen LogP contribution >= 0.6 is 0 Å². The molecule has 4 saturated carbocycles. The molecule has 7 aliphatic rings. The third-order valence-corrected chi connectivity index (χ3v) is 18.8. The fourth-order valence-electron chi connectivity index (χ4n) is 14.0. The number of aliphatic carboxylic acids is 1. The van der Waals surface area contributed by atoms with Crippen molar-refractivity contribution in [2.24, 2.45) is 51.8 Å². The van der Waals surface area contributed by atoms with E-state index >= 15 is 0 Å². The Morgan fingerprint density at radius 1 is 0.894 bits per heavy atom. The summed E-state index contributed by atoms with van der Waals surface area (Å²) in [5.74, 6) is 3.03. The summed E-state index contributed by atoms with van der Waals surface area (Å²) in [6.45, 7) is 17.5. The lowest BCUT2D eigenvalue weighted by Crippen LogP contribution is -2.64. The molecule has 0 aromatic heterocycles. The van der Waals surface area contributed by atoms with Crippen molar-refractivity contribution in [1.82, 2.24) is 10.2 Å². The van der Waals surface area contributed by atoms with E-state index in [1.165, 1.54) is 75.4 Å². The summed E-state index contributed by atoms with van der Waals surface area (Å²) in [7, 11) is -2.98. The number of rotatable bonds is 6. The number of sulfone groups is 1. The average molecular weight is 669 g/mol. The molecule has 2 N–H and O–H groups in total. The summed E-state index contributed by atoms with van der Waals surface area (Å²) in [5.41, 5.74) is 4.12. The van der Waals surface area contributed by atoms with Crippen LogP contribution in [0.4, 0.5) is 0 Å². The van der Waals surface area contributed by atoms with Crippen molar-refractivity contribution < 1.29 is 18.3 Å². The molecule has 10 unspecified atom stereocenters. The monoisotopic (exact) mass is 668 g/mol. The maximum absolute atomic E-state index is 12.6. The minimum absolute atomic E-state index is 0.123. The molecule has 47 heavy (non-hydrogen) atoms. The van der Waals surface area contributed by atoms with Crippen LogP contribution in [0, 0.1) is 51.8 Å². The van der Waals surface area contributed by atoms with Crippen LogP contribution in [0.15, 0.2) is 23.3 Å². The third-order valence-electron chi connectivity index (χ3n) is 16.3. The lowest BCUT2D eigenvalue weighted by Gasteiger charge is -2.68. The second-order valence-corrected chi connectivity index (χ2v) is 21.5. The first kappa shape index (κ1) is 34.3. The molecule has 0 amide bonds. The Morgan fingerprint density at radius 3 is 2.32 bits per heavy atom. The second-order valence-electron chi connectivity index (χ2n) is 18.7. The van der Waals surface area contributed by atoms with Crippen molar-refractivity contribution in [3.63, 3.8) is 0 Å². The van der Waals surface area contributed by atoms with Gasteiger partial charge in [0.1, 0.15) is 0 Å². The number of fused-ring (bicyclic) bond motifs is 7. The van der Waals surface area contributed by atoms with Gasteiger partial charge >= 0.3 is 5.97 Å². The van der Waals surface area contributed by atoms with Crippen LogP contribution < -0.4 is 5.32 Å². The highest BCUT2D eigenvalue weighted by molar-refractivity contribution is 7.92. The van der Waals surface area contributed by atoms with E-state index in [0.29, 0.717) is 36.3 Å². The van der Waals surface area contributed by atoms with E-state index in [1.54, 1.807) is 0 Å². The van der Waals surface area contributed by atoms with Gasteiger partial charge in [-0.2, -0.15) is 0 Å². The van der Waals surface area contributed by atoms with Crippen molar-refractivity contribution in [2.75, 3.05) is 26.2 Å². The normalized spacial score (nSPS) is 47.4. The molecule has 0 aromatic carbocycles. The molecule has 264 valence electrons. The summed E-state index contributed by atoms with van der Waals surface area (Å²) in [5, 5.41) is 13.2. The minimum Gasteiger partial charge on any atom is -0.481 e. The Bertz CT molecular complexity index is 1400. The summed E-state index contributed by atoms with van der Waals surface area (Å²) in [6, 6.07) is 0. The van der Waals surface area contributed by atoms with E-state index in [-0.39, 0.29) is 27.4 Å². The largest absolute Gasteiger partial charge is 0.481 e. The Morgan fingerprint density at radius 2 is 1.64 bits per heavy atom. The van der Waals surface area contributed by atoms with Gasteiger partial charge in [-0.1, -0.05) is 46.3 Å². The first-order valence-corrected chi connectivity index (χ1v) is 21.1. The Kier molecular flexibility index (Phi) is 8.72. The number of carboxylic acid groups (broad SMARTS) is 1. The molecule has 7 heteroatoms. The molecular formula is C40H64N2O4S. The van der Waals surface area contributed by atoms with Crippen molar-refractivity contribution in [2.45, 2.75) is 141 Å². The highest BCUT2D eigenvalue weighted by atomic mass is 32.2. The van der Waals surface area contributed by atoms with E-state index in [4.69, 9.17) is 0 Å². The van der Waals surface area contributed by atoms with E-state index < -0.39 is 15.8 Å². The van der Waals surface area contributed by atoms with Gasteiger partial charge in [0.05, 0.1) is 16.4 Å². The number of nitrogens with one attached hydrogen (secondary N) is 1. The summed E-state index contributed by atoms with van der Waals surface area (Å²) < 4.78 is 25.1. The van der Waals surface area contributed by atoms with E-state index in [9.17, 15) is 18.3 Å². The molecule has 5 fully saturated rings. The van der Waals surface area contributed by atoms with Gasteiger partial charge in [0.2, 0.25) is 0 Å². The van der Waals surface area contributed by atoms with Gasteiger partial charge in [0.15, 0.2) is 9.84 Å². The molecule has 6 aliphatic carbocycles. The Hall–Kier alpha value is -1.18. The molecule has 0 radical (unpaired) electrons. The molecule has 0 spiro atoms. The number of hydrogen-bond donors (Lipinski definition) is 2. The first-order valence-electron chi connectivity index (χ1n) is 19.5. The maximum atomic E-state index is 12.6. The zero-order valence-corrected chi connectivity index (χ0v) is 31.1. The van der Waals surface area contributed by atoms with E-state index in [2.05, 4.69) is 50.1 Å². The summed E-state index contributed by atoms with van der Waals surface area (Å²) >= 11 is 0. The summed E-state index contributed by atoms with van der Waals surface area (Å²) in [6.07, 6.45) is 20.6. The van der Waals surface area contributed by atoms with Crippen LogP contribution in [-0.4, -0.2) is 66.6 Å². The molecular weight excluding hydrogens is 605 g/mol. The average Bonchev–Trinajstić information content (AvgIpc) is 3.44. The zero-order valence-electron chi connectivity index (χ0n) is 30.3. The van der Waals surface area contributed by atoms with Crippen LogP contribution in [0.1, 0.15) is 125 Å². The zero-order chi connectivity index (χ0) is 33.6. The smallest absolute Gasteiger partial charge is 0.306 e. The number of carboxylic acids is 1. The van der Waals surface area contributed by atoms with Crippen molar-refractivity contribution in [3.8, 4) is 0 Å². The number of nitrogens with zero attached hydrogens (tertiary/aromatic N) is 1. The van der Waals surface area contributed by atoms with Crippen molar-refractivity contribution >= 4 is 15.8 Å². The lowest BCUT2D eigenvalue weighted by molar-refractivity contribution is -0.175. The molecule has 11 atom stereocenters. The van der Waals surface area contributed by atoms with Gasteiger partial charge in [0.25, 0.3) is 0 Å². The third kappa shape index (κ3) is 5.36. The van der Waals surface area contributed by atoms with Gasteiger partial charge in [-0.15, -0.1) is 0 Å². The van der Waals surface area contributed by atoms with Crippen LogP contribution in [0.2, 0.25) is 0 Å². The lowest BCUT2D eigenvalue weighted by atomic mass is 9.37. The number of carbonyl (C=O) groups is 1. The van der Waals surface area contributed by atoms with Crippen LogP contribution in [0.5, 0.6) is 0 Å². The molecule has 6 nitrogen and oxygen atoms in total. The molecule has 0 bridgehead atoms. The number of hydrogen-bond acceptors (Lipinski definition) is 5. The van der Waals surface area contributed by atoms with Crippen molar-refractivity contribution in [1.29, 1.82) is 0 Å². The van der Waals surface area contributed by atoms with E-state index in [1.807, 2.05) is 13.8 Å². The minimum atomic E-state index is -2.98. The van der Waals surface area contributed by atoms with Crippen LogP contribution in [-0.2, 0) is 14.6 Å². The fourth-order valence-corrected chi connectivity index (χ4v) is 15.7. The molecule has 1 heterocycles. The second kappa shape index (κ2) is 12.0. The van der Waals surface area contributed by atoms with Gasteiger partial charge < -0.3 is 10.4 Å². The van der Waals surface area contributed by atoms with Crippen molar-refractivity contribution in [3.05, 3.63) is 23.3 Å². The predicted molar refractivity (Wildman–Crippen MR) is 190 cm³/mol. The fraction of sp³-hybridized carbons (Fsp3) is 0.875. The quantitative estimate of drug-likeness (QED) is 0.303. The highest BCUT2D eigenvalue weighted by Gasteiger charge is 2.65. The van der Waals surface area contributed by atoms with Gasteiger partial charge in [-0.05, 0) is 148 Å². The van der Waals surface area contributed by atoms with Crippen LogP contribution in [0.3, 0.4) is 0 Å². The Balaban J connectivity index is 1.05. The topological polar surface area (TPSA) is 86.7 Å². The predicted octanol–water partition coefficient (Wildman–Crippen LogP) is 7.65. The first-order chi connectivity index (χ1) is 22.1. The van der Waals surface area contributed by atoms with E-state index in [0.717, 1.165) is 49.6 Å². The van der Waals surface area contributed by atoms with Gasteiger partial charge in [-0.3, -0.25) is 9.69 Å². The Labute approximate surface area is 285 Å².